The van der Waals surface area contributed by atoms with Gasteiger partial charge in [0.25, 0.3) is 5.91 Å². The van der Waals surface area contributed by atoms with Gasteiger partial charge in [-0.05, 0) is 31.9 Å². The summed E-state index contributed by atoms with van der Waals surface area (Å²) in [5.41, 5.74) is 1.05. The highest BCUT2D eigenvalue weighted by molar-refractivity contribution is 5.81. The van der Waals surface area contributed by atoms with Crippen LogP contribution in [0.15, 0.2) is 24.3 Å². The molecule has 0 spiro atoms. The third-order valence-electron chi connectivity index (χ3n) is 2.38. The first-order chi connectivity index (χ1) is 7.69. The smallest absolute Gasteiger partial charge is 0.261 e. The fraction of sp³-hybridized carbons (Fsp3) is 0.462. The molecule has 0 radical (unpaired) electrons. The van der Waals surface area contributed by atoms with Gasteiger partial charge in [0.15, 0.2) is 6.10 Å². The summed E-state index contributed by atoms with van der Waals surface area (Å²) in [6.07, 6.45) is 0.265. The predicted octanol–water partition coefficient (Wildman–Crippen LogP) is 2.29. The van der Waals surface area contributed by atoms with Crippen molar-refractivity contribution in [2.24, 2.45) is 0 Å². The summed E-state index contributed by atoms with van der Waals surface area (Å²) < 4.78 is 5.70. The molecule has 0 unspecified atom stereocenters. The first kappa shape index (κ1) is 12.6. The van der Waals surface area contributed by atoms with E-state index in [0.29, 0.717) is 13.0 Å². The quantitative estimate of drug-likeness (QED) is 0.828. The van der Waals surface area contributed by atoms with Crippen LogP contribution >= 0.6 is 0 Å². The zero-order valence-electron chi connectivity index (χ0n) is 10.1. The molecule has 0 saturated carbocycles. The highest BCUT2D eigenvalue weighted by atomic mass is 16.5. The van der Waals surface area contributed by atoms with Crippen molar-refractivity contribution in [3.63, 3.8) is 0 Å². The number of carbonyl (C=O) groups excluding carboxylic acids is 1. The van der Waals surface area contributed by atoms with Gasteiger partial charge >= 0.3 is 0 Å². The zero-order chi connectivity index (χ0) is 12.0. The van der Waals surface area contributed by atoms with Gasteiger partial charge in [0.1, 0.15) is 5.75 Å². The number of likely N-dealkylation sites (N-methyl/N-ethyl adjacent to an activating group) is 1. The Morgan fingerprint density at radius 1 is 1.38 bits per heavy atom. The second-order valence-electron chi connectivity index (χ2n) is 3.67. The van der Waals surface area contributed by atoms with Crippen LogP contribution in [0, 0.1) is 6.92 Å². The molecule has 3 nitrogen and oxygen atoms in total. The normalized spacial score (nSPS) is 11.9. The van der Waals surface area contributed by atoms with E-state index in [1.54, 1.807) is 0 Å². The molecule has 1 aromatic rings. The van der Waals surface area contributed by atoms with Gasteiger partial charge in [0.2, 0.25) is 0 Å². The Bertz CT molecular complexity index is 350. The molecule has 16 heavy (non-hydrogen) atoms. The van der Waals surface area contributed by atoms with Gasteiger partial charge < -0.3 is 10.1 Å². The molecule has 0 heterocycles. The number of benzene rings is 1. The maximum Gasteiger partial charge on any atom is 0.261 e. The van der Waals surface area contributed by atoms with Crippen molar-refractivity contribution in [2.75, 3.05) is 6.54 Å². The summed E-state index contributed by atoms with van der Waals surface area (Å²) >= 11 is 0. The van der Waals surface area contributed by atoms with E-state index in [9.17, 15) is 4.79 Å². The van der Waals surface area contributed by atoms with Gasteiger partial charge in [-0.25, -0.2) is 0 Å². The van der Waals surface area contributed by atoms with E-state index < -0.39 is 6.10 Å². The first-order valence-electron chi connectivity index (χ1n) is 5.69. The molecule has 1 rings (SSSR count). The fourth-order valence-electron chi connectivity index (χ4n) is 1.45. The molecule has 0 aliphatic rings. The Kier molecular flexibility index (Phi) is 4.83. The molecule has 0 bridgehead atoms. The summed E-state index contributed by atoms with van der Waals surface area (Å²) in [5, 5.41) is 2.77. The van der Waals surface area contributed by atoms with Gasteiger partial charge in [-0.1, -0.05) is 25.1 Å². The van der Waals surface area contributed by atoms with E-state index in [-0.39, 0.29) is 5.91 Å². The maximum absolute atomic E-state index is 11.7. The van der Waals surface area contributed by atoms with E-state index in [2.05, 4.69) is 5.32 Å². The Balaban J connectivity index is 2.70. The van der Waals surface area contributed by atoms with Crippen molar-refractivity contribution >= 4 is 5.91 Å². The van der Waals surface area contributed by atoms with Crippen LogP contribution in [0.5, 0.6) is 5.75 Å². The largest absolute Gasteiger partial charge is 0.480 e. The fourth-order valence-corrected chi connectivity index (χ4v) is 1.45. The summed E-state index contributed by atoms with van der Waals surface area (Å²) in [7, 11) is 0. The van der Waals surface area contributed by atoms with Crippen LogP contribution < -0.4 is 10.1 Å². The number of ether oxygens (including phenoxy) is 1. The highest BCUT2D eigenvalue weighted by Gasteiger charge is 2.17. The number of amides is 1. The van der Waals surface area contributed by atoms with E-state index in [1.807, 2.05) is 45.0 Å². The molecule has 1 amide bonds. The molecule has 0 aliphatic carbocycles. The van der Waals surface area contributed by atoms with Gasteiger partial charge in [-0.3, -0.25) is 4.79 Å². The Labute approximate surface area is 96.8 Å². The van der Waals surface area contributed by atoms with Crippen molar-refractivity contribution < 1.29 is 9.53 Å². The SMILES string of the molecule is CCNC(=O)[C@H](CC)Oc1ccccc1C. The van der Waals surface area contributed by atoms with Crippen molar-refractivity contribution in [3.05, 3.63) is 29.8 Å². The van der Waals surface area contributed by atoms with E-state index >= 15 is 0 Å². The number of hydrogen-bond donors (Lipinski definition) is 1. The van der Waals surface area contributed by atoms with Gasteiger partial charge in [0, 0.05) is 6.54 Å². The Morgan fingerprint density at radius 3 is 2.62 bits per heavy atom. The molecule has 3 heteroatoms. The third kappa shape index (κ3) is 3.26. The number of carbonyl (C=O) groups is 1. The zero-order valence-corrected chi connectivity index (χ0v) is 10.1. The minimum Gasteiger partial charge on any atom is -0.480 e. The molecular formula is C13H19NO2. The van der Waals surface area contributed by atoms with Crippen LogP contribution in [0.2, 0.25) is 0 Å². The Morgan fingerprint density at radius 2 is 2.06 bits per heavy atom. The minimum absolute atomic E-state index is 0.0479. The van der Waals surface area contributed by atoms with Crippen LogP contribution in [0.25, 0.3) is 0 Å². The van der Waals surface area contributed by atoms with Crippen LogP contribution in [-0.4, -0.2) is 18.6 Å². The summed E-state index contributed by atoms with van der Waals surface area (Å²) in [4.78, 5) is 11.7. The molecule has 0 aliphatic heterocycles. The average Bonchev–Trinajstić information content (AvgIpc) is 2.28. The van der Waals surface area contributed by atoms with E-state index in [4.69, 9.17) is 4.74 Å². The summed E-state index contributed by atoms with van der Waals surface area (Å²) in [6, 6.07) is 7.72. The van der Waals surface area contributed by atoms with Gasteiger partial charge in [-0.2, -0.15) is 0 Å². The second-order valence-corrected chi connectivity index (χ2v) is 3.67. The number of aryl methyl sites for hydroxylation is 1. The molecule has 1 aromatic carbocycles. The number of rotatable bonds is 5. The molecule has 1 N–H and O–H groups in total. The molecule has 0 aromatic heterocycles. The lowest BCUT2D eigenvalue weighted by Crippen LogP contribution is -2.37. The number of hydrogen-bond acceptors (Lipinski definition) is 2. The van der Waals surface area contributed by atoms with Crippen molar-refractivity contribution in [1.29, 1.82) is 0 Å². The lowest BCUT2D eigenvalue weighted by atomic mass is 10.2. The van der Waals surface area contributed by atoms with Crippen molar-refractivity contribution in [3.8, 4) is 5.75 Å². The first-order valence-corrected chi connectivity index (χ1v) is 5.69. The molecular weight excluding hydrogens is 202 g/mol. The Hall–Kier alpha value is -1.51. The summed E-state index contributed by atoms with van der Waals surface area (Å²) in [5.74, 6) is 0.730. The van der Waals surface area contributed by atoms with E-state index in [0.717, 1.165) is 11.3 Å². The molecule has 1 atom stereocenters. The van der Waals surface area contributed by atoms with Crippen LogP contribution in [0.3, 0.4) is 0 Å². The molecule has 88 valence electrons. The van der Waals surface area contributed by atoms with Crippen LogP contribution in [0.4, 0.5) is 0 Å². The monoisotopic (exact) mass is 221 g/mol. The molecule has 0 saturated heterocycles. The minimum atomic E-state index is -0.402. The van der Waals surface area contributed by atoms with Crippen molar-refractivity contribution in [1.82, 2.24) is 5.32 Å². The highest BCUT2D eigenvalue weighted by Crippen LogP contribution is 2.18. The third-order valence-corrected chi connectivity index (χ3v) is 2.38. The number of para-hydroxylation sites is 1. The van der Waals surface area contributed by atoms with Gasteiger partial charge in [-0.15, -0.1) is 0 Å². The lowest BCUT2D eigenvalue weighted by Gasteiger charge is -2.17. The molecule has 0 fully saturated rings. The topological polar surface area (TPSA) is 38.3 Å². The van der Waals surface area contributed by atoms with Crippen LogP contribution in [-0.2, 0) is 4.79 Å². The van der Waals surface area contributed by atoms with Crippen molar-refractivity contribution in [2.45, 2.75) is 33.3 Å². The van der Waals surface area contributed by atoms with Crippen LogP contribution in [0.1, 0.15) is 25.8 Å². The summed E-state index contributed by atoms with van der Waals surface area (Å²) in [6.45, 7) is 6.45. The number of nitrogens with one attached hydrogen (secondary N) is 1. The van der Waals surface area contributed by atoms with E-state index in [1.165, 1.54) is 0 Å². The standard InChI is InChI=1S/C13H19NO2/c1-4-11(13(15)14-5-2)16-12-9-7-6-8-10(12)3/h6-9,11H,4-5H2,1-3H3,(H,14,15)/t11-/m0/s1. The van der Waals surface area contributed by atoms with Gasteiger partial charge in [0.05, 0.1) is 0 Å². The second kappa shape index (κ2) is 6.16. The average molecular weight is 221 g/mol. The predicted molar refractivity (Wildman–Crippen MR) is 64.6 cm³/mol. The maximum atomic E-state index is 11.7. The lowest BCUT2D eigenvalue weighted by molar-refractivity contribution is -0.128.